The monoisotopic (exact) mass is 438 g/mol. The number of halogens is 2. The molecule has 5 nitrogen and oxygen atoms in total. The van der Waals surface area contributed by atoms with Gasteiger partial charge < -0.3 is 14.5 Å². The number of carbonyl (C=O) groups is 2. The van der Waals surface area contributed by atoms with Crippen molar-refractivity contribution in [2.24, 2.45) is 0 Å². The van der Waals surface area contributed by atoms with Crippen LogP contribution < -0.4 is 4.74 Å². The zero-order chi connectivity index (χ0) is 21.8. The van der Waals surface area contributed by atoms with Crippen molar-refractivity contribution in [3.8, 4) is 11.5 Å². The fraction of sp³-hybridized carbons (Fsp3) is 0.167. The fourth-order valence-corrected chi connectivity index (χ4v) is 3.69. The molecule has 0 bridgehead atoms. The van der Waals surface area contributed by atoms with E-state index >= 15 is 0 Å². The van der Waals surface area contributed by atoms with E-state index in [1.54, 1.807) is 34.1 Å². The van der Waals surface area contributed by atoms with Gasteiger partial charge in [-0.3, -0.25) is 9.59 Å². The van der Waals surface area contributed by atoms with Crippen molar-refractivity contribution >= 4 is 23.4 Å². The van der Waals surface area contributed by atoms with E-state index in [4.69, 9.17) is 16.3 Å². The zero-order valence-corrected chi connectivity index (χ0v) is 17.4. The molecule has 3 aromatic rings. The van der Waals surface area contributed by atoms with E-state index in [0.717, 1.165) is 6.07 Å². The molecule has 1 heterocycles. The van der Waals surface area contributed by atoms with Crippen LogP contribution in [0.4, 0.5) is 4.39 Å². The number of hydrogen-bond donors (Lipinski definition) is 0. The molecule has 0 aliphatic carbocycles. The van der Waals surface area contributed by atoms with Crippen LogP contribution in [0.1, 0.15) is 20.7 Å². The molecule has 0 N–H and O–H groups in total. The van der Waals surface area contributed by atoms with Gasteiger partial charge in [0.15, 0.2) is 0 Å². The van der Waals surface area contributed by atoms with Crippen molar-refractivity contribution < 1.29 is 18.7 Å². The third kappa shape index (κ3) is 4.86. The van der Waals surface area contributed by atoms with E-state index in [1.807, 2.05) is 30.3 Å². The summed E-state index contributed by atoms with van der Waals surface area (Å²) in [4.78, 5) is 29.0. The van der Waals surface area contributed by atoms with E-state index in [0.29, 0.717) is 43.2 Å². The van der Waals surface area contributed by atoms with Crippen LogP contribution in [0.2, 0.25) is 5.02 Å². The highest BCUT2D eigenvalue weighted by atomic mass is 35.5. The van der Waals surface area contributed by atoms with Gasteiger partial charge in [-0.15, -0.1) is 0 Å². The van der Waals surface area contributed by atoms with Crippen LogP contribution >= 0.6 is 11.6 Å². The summed E-state index contributed by atoms with van der Waals surface area (Å²) < 4.78 is 19.1. The highest BCUT2D eigenvalue weighted by molar-refractivity contribution is 6.33. The summed E-state index contributed by atoms with van der Waals surface area (Å²) in [5.74, 6) is 0.395. The van der Waals surface area contributed by atoms with E-state index in [-0.39, 0.29) is 22.4 Å². The minimum absolute atomic E-state index is 0.0822. The second-order valence-electron chi connectivity index (χ2n) is 7.15. The third-order valence-corrected chi connectivity index (χ3v) is 5.39. The van der Waals surface area contributed by atoms with Gasteiger partial charge >= 0.3 is 0 Å². The van der Waals surface area contributed by atoms with E-state index in [2.05, 4.69) is 0 Å². The number of benzene rings is 3. The van der Waals surface area contributed by atoms with Crippen molar-refractivity contribution in [1.82, 2.24) is 9.80 Å². The van der Waals surface area contributed by atoms with Gasteiger partial charge in [0.2, 0.25) is 0 Å². The average Bonchev–Trinajstić information content (AvgIpc) is 2.79. The highest BCUT2D eigenvalue weighted by Crippen LogP contribution is 2.23. The molecular weight excluding hydrogens is 419 g/mol. The number of piperazine rings is 1. The molecule has 158 valence electrons. The molecule has 0 spiro atoms. The lowest BCUT2D eigenvalue weighted by atomic mass is 10.1. The molecule has 7 heteroatoms. The lowest BCUT2D eigenvalue weighted by Crippen LogP contribution is -2.50. The standard InChI is InChI=1S/C24H20ClFN2O3/c25-22-16-18(26)9-10-21(22)24(30)28-13-11-27(12-14-28)23(29)17-5-4-8-20(15-17)31-19-6-2-1-3-7-19/h1-10,15-16H,11-14H2. The lowest BCUT2D eigenvalue weighted by Gasteiger charge is -2.35. The first kappa shape index (κ1) is 20.9. The quantitative estimate of drug-likeness (QED) is 0.584. The Morgan fingerprint density at radius 2 is 1.42 bits per heavy atom. The Labute approximate surface area is 184 Å². The molecule has 3 aromatic carbocycles. The van der Waals surface area contributed by atoms with Gasteiger partial charge in [0.05, 0.1) is 10.6 Å². The molecule has 0 atom stereocenters. The second kappa shape index (κ2) is 9.18. The summed E-state index contributed by atoms with van der Waals surface area (Å²) in [7, 11) is 0. The van der Waals surface area contributed by atoms with Crippen LogP contribution in [0.15, 0.2) is 72.8 Å². The van der Waals surface area contributed by atoms with Gasteiger partial charge in [0, 0.05) is 31.7 Å². The van der Waals surface area contributed by atoms with Gasteiger partial charge in [0.25, 0.3) is 11.8 Å². The first-order valence-electron chi connectivity index (χ1n) is 9.88. The van der Waals surface area contributed by atoms with Crippen LogP contribution in [0.5, 0.6) is 11.5 Å². The number of hydrogen-bond acceptors (Lipinski definition) is 3. The minimum Gasteiger partial charge on any atom is -0.457 e. The maximum atomic E-state index is 13.2. The van der Waals surface area contributed by atoms with Crippen LogP contribution in [0.25, 0.3) is 0 Å². The summed E-state index contributed by atoms with van der Waals surface area (Å²) in [6.45, 7) is 1.54. The maximum absolute atomic E-state index is 13.2. The van der Waals surface area contributed by atoms with Gasteiger partial charge in [0.1, 0.15) is 17.3 Å². The van der Waals surface area contributed by atoms with Gasteiger partial charge in [-0.1, -0.05) is 35.9 Å². The van der Waals surface area contributed by atoms with Crippen molar-refractivity contribution in [3.05, 3.63) is 94.8 Å². The summed E-state index contributed by atoms with van der Waals surface area (Å²) in [5, 5.41) is 0.0822. The van der Waals surface area contributed by atoms with Crippen molar-refractivity contribution in [3.63, 3.8) is 0 Å². The number of para-hydroxylation sites is 1. The maximum Gasteiger partial charge on any atom is 0.255 e. The van der Waals surface area contributed by atoms with Crippen LogP contribution in [-0.4, -0.2) is 47.8 Å². The molecular formula is C24H20ClFN2O3. The van der Waals surface area contributed by atoms with E-state index < -0.39 is 5.82 Å². The first-order valence-corrected chi connectivity index (χ1v) is 10.3. The number of carbonyl (C=O) groups excluding carboxylic acids is 2. The Morgan fingerprint density at radius 1 is 0.774 bits per heavy atom. The van der Waals surface area contributed by atoms with Crippen molar-refractivity contribution in [1.29, 1.82) is 0 Å². The topological polar surface area (TPSA) is 49.9 Å². The molecule has 0 saturated carbocycles. The summed E-state index contributed by atoms with van der Waals surface area (Å²) >= 11 is 6.01. The lowest BCUT2D eigenvalue weighted by molar-refractivity contribution is 0.0535. The summed E-state index contributed by atoms with van der Waals surface area (Å²) in [6.07, 6.45) is 0. The van der Waals surface area contributed by atoms with E-state index in [9.17, 15) is 14.0 Å². The largest absolute Gasteiger partial charge is 0.457 e. The minimum atomic E-state index is -0.490. The molecule has 1 aliphatic heterocycles. The van der Waals surface area contributed by atoms with Gasteiger partial charge in [-0.25, -0.2) is 4.39 Å². The Morgan fingerprint density at radius 3 is 2.10 bits per heavy atom. The molecule has 2 amide bonds. The van der Waals surface area contributed by atoms with Gasteiger partial charge in [-0.05, 0) is 48.5 Å². The normalized spacial score (nSPS) is 13.7. The Kier molecular flexibility index (Phi) is 6.18. The smallest absolute Gasteiger partial charge is 0.255 e. The second-order valence-corrected chi connectivity index (χ2v) is 7.56. The highest BCUT2D eigenvalue weighted by Gasteiger charge is 2.26. The summed E-state index contributed by atoms with van der Waals surface area (Å²) in [6, 6.07) is 20.1. The van der Waals surface area contributed by atoms with E-state index in [1.165, 1.54) is 12.1 Å². The molecule has 4 rings (SSSR count). The predicted molar refractivity (Wildman–Crippen MR) is 116 cm³/mol. The van der Waals surface area contributed by atoms with Crippen LogP contribution in [-0.2, 0) is 0 Å². The SMILES string of the molecule is O=C(c1cccc(Oc2ccccc2)c1)N1CCN(C(=O)c2ccc(F)cc2Cl)CC1. The molecule has 1 aliphatic rings. The molecule has 0 radical (unpaired) electrons. The van der Waals surface area contributed by atoms with Crippen molar-refractivity contribution in [2.75, 3.05) is 26.2 Å². The van der Waals surface area contributed by atoms with Crippen LogP contribution in [0, 0.1) is 5.82 Å². The van der Waals surface area contributed by atoms with Gasteiger partial charge in [-0.2, -0.15) is 0 Å². The molecule has 1 saturated heterocycles. The Bertz CT molecular complexity index is 1100. The molecule has 0 unspecified atom stereocenters. The fourth-order valence-electron chi connectivity index (χ4n) is 3.45. The molecule has 1 fully saturated rings. The number of nitrogens with zero attached hydrogens (tertiary/aromatic N) is 2. The Hall–Kier alpha value is -3.38. The Balaban J connectivity index is 1.39. The average molecular weight is 439 g/mol. The molecule has 31 heavy (non-hydrogen) atoms. The third-order valence-electron chi connectivity index (χ3n) is 5.08. The number of ether oxygens (including phenoxy) is 1. The van der Waals surface area contributed by atoms with Crippen LogP contribution in [0.3, 0.4) is 0 Å². The van der Waals surface area contributed by atoms with Crippen molar-refractivity contribution in [2.45, 2.75) is 0 Å². The predicted octanol–water partition coefficient (Wildman–Crippen LogP) is 4.87. The summed E-state index contributed by atoms with van der Waals surface area (Å²) in [5.41, 5.74) is 0.781. The first-order chi connectivity index (χ1) is 15.0. The number of amides is 2. The number of rotatable bonds is 4. The zero-order valence-electron chi connectivity index (χ0n) is 16.6. The molecule has 0 aromatic heterocycles.